The highest BCUT2D eigenvalue weighted by atomic mass is 16.5. The molecule has 3 N–H and O–H groups in total. The maximum atomic E-state index is 5.71. The van der Waals surface area contributed by atoms with E-state index in [2.05, 4.69) is 22.3 Å². The van der Waals surface area contributed by atoms with Gasteiger partial charge in [-0.1, -0.05) is 6.07 Å². The molecule has 0 radical (unpaired) electrons. The van der Waals surface area contributed by atoms with Crippen LogP contribution in [0.1, 0.15) is 23.9 Å². The van der Waals surface area contributed by atoms with Crippen molar-refractivity contribution in [1.82, 2.24) is 10.2 Å². The summed E-state index contributed by atoms with van der Waals surface area (Å²) in [6.45, 7) is 7.16. The quantitative estimate of drug-likeness (QED) is 0.870. The Bertz CT molecular complexity index is 546. The van der Waals surface area contributed by atoms with Crippen molar-refractivity contribution in [2.45, 2.75) is 27.3 Å². The highest BCUT2D eigenvalue weighted by molar-refractivity contribution is 5.70. The van der Waals surface area contributed by atoms with Crippen LogP contribution in [0.2, 0.25) is 0 Å². The largest absolute Gasteiger partial charge is 0.494 e. The SMILES string of the molecule is CCOc1ccc(-c2c(CN)n[nH]c2C)cc1C. The minimum atomic E-state index is 0.436. The van der Waals surface area contributed by atoms with Gasteiger partial charge in [-0.25, -0.2) is 0 Å². The molecule has 0 aliphatic carbocycles. The van der Waals surface area contributed by atoms with Crippen LogP contribution in [0, 0.1) is 13.8 Å². The molecule has 0 aliphatic rings. The average Bonchev–Trinajstić information content (AvgIpc) is 2.73. The van der Waals surface area contributed by atoms with Gasteiger partial charge in [0.2, 0.25) is 0 Å². The molecule has 0 aliphatic heterocycles. The second-order valence-corrected chi connectivity index (χ2v) is 4.29. The van der Waals surface area contributed by atoms with E-state index in [9.17, 15) is 0 Å². The van der Waals surface area contributed by atoms with Crippen LogP contribution < -0.4 is 10.5 Å². The Hall–Kier alpha value is -1.81. The molecule has 1 aromatic heterocycles. The van der Waals surface area contributed by atoms with Crippen LogP contribution in [0.3, 0.4) is 0 Å². The molecule has 0 fully saturated rings. The number of nitrogens with two attached hydrogens (primary N) is 1. The lowest BCUT2D eigenvalue weighted by Crippen LogP contribution is -1.99. The molecule has 0 saturated heterocycles. The monoisotopic (exact) mass is 245 g/mol. The minimum Gasteiger partial charge on any atom is -0.494 e. The third-order valence-corrected chi connectivity index (χ3v) is 2.98. The standard InChI is InChI=1S/C14H19N3O/c1-4-18-13-6-5-11(7-9(13)2)14-10(3)16-17-12(14)8-15/h5-7H,4,8,15H2,1-3H3,(H,16,17). The third-order valence-electron chi connectivity index (χ3n) is 2.98. The van der Waals surface area contributed by atoms with E-state index in [0.717, 1.165) is 33.8 Å². The fourth-order valence-corrected chi connectivity index (χ4v) is 2.13. The van der Waals surface area contributed by atoms with Crippen molar-refractivity contribution in [2.75, 3.05) is 6.61 Å². The topological polar surface area (TPSA) is 63.9 Å². The summed E-state index contributed by atoms with van der Waals surface area (Å²) in [5.41, 5.74) is 11.0. The van der Waals surface area contributed by atoms with Crippen molar-refractivity contribution in [1.29, 1.82) is 0 Å². The summed E-state index contributed by atoms with van der Waals surface area (Å²) in [4.78, 5) is 0. The number of rotatable bonds is 4. The first-order valence-electron chi connectivity index (χ1n) is 6.15. The molecule has 1 heterocycles. The van der Waals surface area contributed by atoms with Gasteiger partial charge in [0.25, 0.3) is 0 Å². The maximum absolute atomic E-state index is 5.71. The van der Waals surface area contributed by atoms with Crippen molar-refractivity contribution in [3.63, 3.8) is 0 Å². The summed E-state index contributed by atoms with van der Waals surface area (Å²) in [7, 11) is 0. The number of hydrogen-bond acceptors (Lipinski definition) is 3. The summed E-state index contributed by atoms with van der Waals surface area (Å²) in [5, 5.41) is 7.20. The predicted molar refractivity (Wildman–Crippen MR) is 72.6 cm³/mol. The Morgan fingerprint density at radius 3 is 2.72 bits per heavy atom. The van der Waals surface area contributed by atoms with Gasteiger partial charge in [0.05, 0.1) is 12.3 Å². The molecular formula is C14H19N3O. The van der Waals surface area contributed by atoms with E-state index in [1.165, 1.54) is 0 Å². The van der Waals surface area contributed by atoms with Crippen molar-refractivity contribution >= 4 is 0 Å². The normalized spacial score (nSPS) is 10.7. The molecule has 0 amide bonds. The number of aromatic amines is 1. The summed E-state index contributed by atoms with van der Waals surface area (Å²) >= 11 is 0. The summed E-state index contributed by atoms with van der Waals surface area (Å²) in [6.07, 6.45) is 0. The van der Waals surface area contributed by atoms with E-state index < -0.39 is 0 Å². The molecule has 4 nitrogen and oxygen atoms in total. The van der Waals surface area contributed by atoms with Gasteiger partial charge in [0, 0.05) is 17.8 Å². The fraction of sp³-hybridized carbons (Fsp3) is 0.357. The number of nitrogens with one attached hydrogen (secondary N) is 1. The van der Waals surface area contributed by atoms with Gasteiger partial charge in [0.15, 0.2) is 0 Å². The minimum absolute atomic E-state index is 0.436. The molecule has 0 bridgehead atoms. The predicted octanol–water partition coefficient (Wildman–Crippen LogP) is 2.55. The Balaban J connectivity index is 2.45. The zero-order valence-corrected chi connectivity index (χ0v) is 11.1. The van der Waals surface area contributed by atoms with E-state index in [1.807, 2.05) is 26.8 Å². The van der Waals surface area contributed by atoms with Crippen molar-refractivity contribution in [2.24, 2.45) is 5.73 Å². The van der Waals surface area contributed by atoms with Gasteiger partial charge >= 0.3 is 0 Å². The van der Waals surface area contributed by atoms with Crippen LogP contribution >= 0.6 is 0 Å². The fourth-order valence-electron chi connectivity index (χ4n) is 2.13. The van der Waals surface area contributed by atoms with Crippen LogP contribution in [-0.2, 0) is 6.54 Å². The molecule has 0 spiro atoms. The van der Waals surface area contributed by atoms with Gasteiger partial charge < -0.3 is 10.5 Å². The number of aromatic nitrogens is 2. The molecular weight excluding hydrogens is 226 g/mol. The zero-order chi connectivity index (χ0) is 13.1. The Kier molecular flexibility index (Phi) is 3.67. The van der Waals surface area contributed by atoms with Gasteiger partial charge in [-0.05, 0) is 44.0 Å². The van der Waals surface area contributed by atoms with E-state index in [-0.39, 0.29) is 0 Å². The molecule has 0 atom stereocenters. The number of aryl methyl sites for hydroxylation is 2. The molecule has 4 heteroatoms. The van der Waals surface area contributed by atoms with Gasteiger partial charge in [-0.2, -0.15) is 5.10 Å². The van der Waals surface area contributed by atoms with E-state index >= 15 is 0 Å². The Morgan fingerprint density at radius 2 is 2.11 bits per heavy atom. The van der Waals surface area contributed by atoms with Gasteiger partial charge in [-0.3, -0.25) is 5.10 Å². The van der Waals surface area contributed by atoms with Crippen molar-refractivity contribution in [3.8, 4) is 16.9 Å². The first-order valence-corrected chi connectivity index (χ1v) is 6.15. The Morgan fingerprint density at radius 1 is 1.33 bits per heavy atom. The molecule has 2 aromatic rings. The number of hydrogen-bond donors (Lipinski definition) is 2. The molecule has 18 heavy (non-hydrogen) atoms. The summed E-state index contributed by atoms with van der Waals surface area (Å²) in [5.74, 6) is 0.927. The summed E-state index contributed by atoms with van der Waals surface area (Å²) < 4.78 is 5.55. The number of ether oxygens (including phenoxy) is 1. The summed E-state index contributed by atoms with van der Waals surface area (Å²) in [6, 6.07) is 6.16. The smallest absolute Gasteiger partial charge is 0.122 e. The lowest BCUT2D eigenvalue weighted by molar-refractivity contribution is 0.338. The first-order chi connectivity index (χ1) is 8.67. The highest BCUT2D eigenvalue weighted by Crippen LogP contribution is 2.29. The van der Waals surface area contributed by atoms with Gasteiger partial charge in [0.1, 0.15) is 5.75 Å². The number of H-pyrrole nitrogens is 1. The van der Waals surface area contributed by atoms with Crippen LogP contribution in [0.25, 0.3) is 11.1 Å². The molecule has 1 aromatic carbocycles. The molecule has 96 valence electrons. The lowest BCUT2D eigenvalue weighted by Gasteiger charge is -2.09. The molecule has 0 unspecified atom stereocenters. The van der Waals surface area contributed by atoms with Crippen LogP contribution in [0.15, 0.2) is 18.2 Å². The van der Waals surface area contributed by atoms with Gasteiger partial charge in [-0.15, -0.1) is 0 Å². The second kappa shape index (κ2) is 5.23. The average molecular weight is 245 g/mol. The van der Waals surface area contributed by atoms with Crippen molar-refractivity contribution in [3.05, 3.63) is 35.2 Å². The lowest BCUT2D eigenvalue weighted by atomic mass is 10.0. The zero-order valence-electron chi connectivity index (χ0n) is 11.1. The van der Waals surface area contributed by atoms with E-state index in [0.29, 0.717) is 13.2 Å². The van der Waals surface area contributed by atoms with Crippen LogP contribution in [0.4, 0.5) is 0 Å². The van der Waals surface area contributed by atoms with Crippen LogP contribution in [0.5, 0.6) is 5.75 Å². The first kappa shape index (κ1) is 12.6. The molecule has 2 rings (SSSR count). The maximum Gasteiger partial charge on any atom is 0.122 e. The number of nitrogens with zero attached hydrogens (tertiary/aromatic N) is 1. The van der Waals surface area contributed by atoms with E-state index in [4.69, 9.17) is 10.5 Å². The van der Waals surface area contributed by atoms with E-state index in [1.54, 1.807) is 0 Å². The Labute approximate surface area is 107 Å². The third kappa shape index (κ3) is 2.24. The molecule has 0 saturated carbocycles. The van der Waals surface area contributed by atoms with Crippen molar-refractivity contribution < 1.29 is 4.74 Å². The number of benzene rings is 1. The second-order valence-electron chi connectivity index (χ2n) is 4.29. The van der Waals surface area contributed by atoms with Crippen LogP contribution in [-0.4, -0.2) is 16.8 Å². The highest BCUT2D eigenvalue weighted by Gasteiger charge is 2.12.